The Kier molecular flexibility index (Phi) is 27.5. The SMILES string of the molecule is CCOC(=O)CC(C)=O.CCOC(=O)CC(C)=O.CCOC(=O)CC(C)=O.[Cr]. The summed E-state index contributed by atoms with van der Waals surface area (Å²) in [6, 6.07) is 0. The van der Waals surface area contributed by atoms with E-state index in [1.54, 1.807) is 20.8 Å². The summed E-state index contributed by atoms with van der Waals surface area (Å²) in [5, 5.41) is 0. The molecule has 0 aliphatic carbocycles. The van der Waals surface area contributed by atoms with Crippen LogP contribution in [0.1, 0.15) is 60.8 Å². The van der Waals surface area contributed by atoms with Gasteiger partial charge in [0.25, 0.3) is 0 Å². The molecule has 0 saturated carbocycles. The Bertz CT molecular complexity index is 430. The average molecular weight is 442 g/mol. The zero-order valence-corrected chi connectivity index (χ0v) is 18.6. The van der Waals surface area contributed by atoms with E-state index in [0.29, 0.717) is 19.8 Å². The number of ether oxygens (including phenoxy) is 3. The van der Waals surface area contributed by atoms with Gasteiger partial charge >= 0.3 is 17.9 Å². The van der Waals surface area contributed by atoms with Crippen molar-refractivity contribution in [3.8, 4) is 0 Å². The monoisotopic (exact) mass is 442 g/mol. The van der Waals surface area contributed by atoms with E-state index in [2.05, 4.69) is 14.2 Å². The molecular formula is C18H30CrO9. The predicted molar refractivity (Wildman–Crippen MR) is 95.8 cm³/mol. The Morgan fingerprint density at radius 2 is 0.679 bits per heavy atom. The number of hydrogen-bond acceptors (Lipinski definition) is 9. The van der Waals surface area contributed by atoms with Crippen molar-refractivity contribution in [1.29, 1.82) is 0 Å². The molecule has 0 N–H and O–H groups in total. The summed E-state index contributed by atoms with van der Waals surface area (Å²) >= 11 is 0. The fraction of sp³-hybridized carbons (Fsp3) is 0.667. The minimum absolute atomic E-state index is 0. The third-order valence-electron chi connectivity index (χ3n) is 2.10. The van der Waals surface area contributed by atoms with Crippen LogP contribution in [0.5, 0.6) is 0 Å². The molecular weight excluding hydrogens is 412 g/mol. The van der Waals surface area contributed by atoms with Gasteiger partial charge in [-0.1, -0.05) is 0 Å². The summed E-state index contributed by atoms with van der Waals surface area (Å²) in [6.07, 6.45) is -0.310. The van der Waals surface area contributed by atoms with Crippen molar-refractivity contribution >= 4 is 35.3 Å². The predicted octanol–water partition coefficient (Wildman–Crippen LogP) is 1.58. The van der Waals surface area contributed by atoms with Gasteiger partial charge in [0.2, 0.25) is 0 Å². The Labute approximate surface area is 176 Å². The number of esters is 3. The normalized spacial score (nSPS) is 8.36. The third-order valence-corrected chi connectivity index (χ3v) is 2.10. The maximum absolute atomic E-state index is 10.4. The Hall–Kier alpha value is -2.05. The van der Waals surface area contributed by atoms with Gasteiger partial charge in [-0.3, -0.25) is 28.8 Å². The first-order chi connectivity index (χ1) is 12.5. The van der Waals surface area contributed by atoms with Crippen molar-refractivity contribution in [2.75, 3.05) is 19.8 Å². The first-order valence-corrected chi connectivity index (χ1v) is 8.45. The van der Waals surface area contributed by atoms with Gasteiger partial charge in [-0.2, -0.15) is 0 Å². The smallest absolute Gasteiger partial charge is 0.313 e. The second-order valence-corrected chi connectivity index (χ2v) is 5.05. The number of hydrogen-bond donors (Lipinski definition) is 0. The van der Waals surface area contributed by atoms with E-state index >= 15 is 0 Å². The topological polar surface area (TPSA) is 130 Å². The molecule has 0 aromatic rings. The fourth-order valence-corrected chi connectivity index (χ4v) is 1.25. The zero-order valence-electron chi connectivity index (χ0n) is 17.3. The third kappa shape index (κ3) is 35.1. The van der Waals surface area contributed by atoms with E-state index in [1.807, 2.05) is 0 Å². The van der Waals surface area contributed by atoms with Crippen LogP contribution >= 0.6 is 0 Å². The van der Waals surface area contributed by atoms with E-state index in [-0.39, 0.29) is 54.0 Å². The maximum atomic E-state index is 10.4. The first-order valence-electron chi connectivity index (χ1n) is 8.45. The number of rotatable bonds is 9. The van der Waals surface area contributed by atoms with E-state index in [1.165, 1.54) is 20.8 Å². The van der Waals surface area contributed by atoms with Crippen molar-refractivity contribution in [1.82, 2.24) is 0 Å². The Balaban J connectivity index is -0.000000152. The van der Waals surface area contributed by atoms with Gasteiger partial charge in [0, 0.05) is 17.4 Å². The summed E-state index contributed by atoms with van der Waals surface area (Å²) in [5.41, 5.74) is 0. The van der Waals surface area contributed by atoms with Gasteiger partial charge in [-0.15, -0.1) is 0 Å². The number of carbonyl (C=O) groups excluding carboxylic acids is 6. The van der Waals surface area contributed by atoms with Crippen LogP contribution in [0.15, 0.2) is 0 Å². The molecule has 0 aliphatic heterocycles. The second-order valence-electron chi connectivity index (χ2n) is 5.05. The first kappa shape index (κ1) is 33.5. The molecule has 10 heteroatoms. The van der Waals surface area contributed by atoms with Crippen LogP contribution in [0.2, 0.25) is 0 Å². The van der Waals surface area contributed by atoms with Gasteiger partial charge in [0.05, 0.1) is 19.8 Å². The summed E-state index contributed by atoms with van der Waals surface area (Å²) in [6.45, 7) is 10.2. The average Bonchev–Trinajstić information content (AvgIpc) is 2.46. The second kappa shape index (κ2) is 23.0. The molecule has 0 unspecified atom stereocenters. The van der Waals surface area contributed by atoms with E-state index in [9.17, 15) is 28.8 Å². The molecule has 0 atom stereocenters. The van der Waals surface area contributed by atoms with Crippen LogP contribution in [-0.4, -0.2) is 55.1 Å². The summed E-state index contributed by atoms with van der Waals surface area (Å²) in [7, 11) is 0. The van der Waals surface area contributed by atoms with Crippen molar-refractivity contribution in [2.45, 2.75) is 60.8 Å². The number of carbonyl (C=O) groups is 6. The Morgan fingerprint density at radius 1 is 0.500 bits per heavy atom. The minimum atomic E-state index is -0.440. The van der Waals surface area contributed by atoms with E-state index < -0.39 is 17.9 Å². The molecule has 0 aromatic carbocycles. The van der Waals surface area contributed by atoms with Crippen LogP contribution in [0.4, 0.5) is 0 Å². The van der Waals surface area contributed by atoms with Crippen molar-refractivity contribution in [2.24, 2.45) is 0 Å². The Morgan fingerprint density at radius 3 is 0.786 bits per heavy atom. The van der Waals surface area contributed by atoms with Crippen LogP contribution in [-0.2, 0) is 60.3 Å². The molecule has 0 saturated heterocycles. The summed E-state index contributed by atoms with van der Waals surface area (Å²) < 4.78 is 13.5. The molecule has 0 spiro atoms. The molecule has 28 heavy (non-hydrogen) atoms. The van der Waals surface area contributed by atoms with Gasteiger partial charge in [-0.05, 0) is 41.5 Å². The summed E-state index contributed by atoms with van der Waals surface area (Å²) in [4.78, 5) is 61.9. The summed E-state index contributed by atoms with van der Waals surface area (Å²) in [5.74, 6) is -1.80. The molecule has 0 bridgehead atoms. The molecule has 9 nitrogen and oxygen atoms in total. The van der Waals surface area contributed by atoms with Gasteiger partial charge in [0.15, 0.2) is 0 Å². The fourth-order valence-electron chi connectivity index (χ4n) is 1.25. The van der Waals surface area contributed by atoms with Crippen molar-refractivity contribution in [3.05, 3.63) is 0 Å². The van der Waals surface area contributed by atoms with Crippen LogP contribution in [0, 0.1) is 0 Å². The van der Waals surface area contributed by atoms with Crippen LogP contribution in [0.25, 0.3) is 0 Å². The van der Waals surface area contributed by atoms with E-state index in [4.69, 9.17) is 0 Å². The quantitative estimate of drug-likeness (QED) is 0.297. The standard InChI is InChI=1S/3C6H10O3.Cr/c3*1-3-9-6(8)4-5(2)7;/h3*3-4H2,1-2H3;. The molecule has 0 fully saturated rings. The van der Waals surface area contributed by atoms with Crippen molar-refractivity contribution < 1.29 is 60.3 Å². The molecule has 0 rings (SSSR count). The van der Waals surface area contributed by atoms with Crippen LogP contribution < -0.4 is 0 Å². The molecule has 0 amide bonds. The largest absolute Gasteiger partial charge is 0.466 e. The number of Topliss-reactive ketones (excluding diaryl/α,β-unsaturated/α-hetero) is 3. The van der Waals surface area contributed by atoms with E-state index in [0.717, 1.165) is 0 Å². The molecule has 0 heterocycles. The molecule has 0 radical (unpaired) electrons. The maximum Gasteiger partial charge on any atom is 0.313 e. The number of ketones is 3. The molecule has 162 valence electrons. The van der Waals surface area contributed by atoms with Crippen LogP contribution in [0.3, 0.4) is 0 Å². The minimum Gasteiger partial charge on any atom is -0.466 e. The zero-order chi connectivity index (χ0) is 21.8. The molecule has 0 aliphatic rings. The molecule has 0 aromatic heterocycles. The van der Waals surface area contributed by atoms with Gasteiger partial charge in [0.1, 0.15) is 36.6 Å². The van der Waals surface area contributed by atoms with Crippen molar-refractivity contribution in [3.63, 3.8) is 0 Å². The van der Waals surface area contributed by atoms with Gasteiger partial charge in [-0.25, -0.2) is 0 Å². The van der Waals surface area contributed by atoms with Gasteiger partial charge < -0.3 is 14.2 Å².